The molecular formula is C12H24N2O2S. The van der Waals surface area contributed by atoms with Crippen LogP contribution in [0.5, 0.6) is 0 Å². The normalized spacial score (nSPS) is 11.2. The minimum absolute atomic E-state index is 0.0641. The van der Waals surface area contributed by atoms with Gasteiger partial charge in [0.1, 0.15) is 0 Å². The average molecular weight is 260 g/mol. The van der Waals surface area contributed by atoms with Crippen LogP contribution >= 0.6 is 12.2 Å². The van der Waals surface area contributed by atoms with Crippen LogP contribution in [-0.4, -0.2) is 31.2 Å². The van der Waals surface area contributed by atoms with Crippen LogP contribution in [-0.2, 0) is 9.53 Å². The molecule has 0 aromatic rings. The summed E-state index contributed by atoms with van der Waals surface area (Å²) in [6.07, 6.45) is 3.17. The minimum atomic E-state index is -0.688. The molecule has 0 saturated heterocycles. The Labute approximate surface area is 109 Å². The summed E-state index contributed by atoms with van der Waals surface area (Å²) < 4.78 is 4.91. The Hall–Kier alpha value is -0.680. The Morgan fingerprint density at radius 3 is 2.24 bits per heavy atom. The number of amides is 1. The Kier molecular flexibility index (Phi) is 8.08. The van der Waals surface area contributed by atoms with Gasteiger partial charge in [0.2, 0.25) is 5.91 Å². The summed E-state index contributed by atoms with van der Waals surface area (Å²) in [5.41, 5.74) is 5.10. The van der Waals surface area contributed by atoms with E-state index in [0.717, 1.165) is 12.8 Å². The van der Waals surface area contributed by atoms with Crippen molar-refractivity contribution in [3.63, 3.8) is 0 Å². The van der Waals surface area contributed by atoms with Gasteiger partial charge in [-0.05, 0) is 12.8 Å². The second-order valence-corrected chi connectivity index (χ2v) is 4.63. The second kappa shape index (κ2) is 8.42. The summed E-state index contributed by atoms with van der Waals surface area (Å²) in [6.45, 7) is 5.06. The van der Waals surface area contributed by atoms with Crippen molar-refractivity contribution in [2.24, 2.45) is 11.1 Å². The Balaban J connectivity index is 4.74. The minimum Gasteiger partial charge on any atom is -0.392 e. The lowest BCUT2D eigenvalue weighted by Gasteiger charge is -2.31. The van der Waals surface area contributed by atoms with E-state index in [0.29, 0.717) is 31.0 Å². The molecule has 0 atom stereocenters. The quantitative estimate of drug-likeness (QED) is 0.488. The lowest BCUT2D eigenvalue weighted by Crippen LogP contribution is -2.49. The molecule has 0 aliphatic heterocycles. The van der Waals surface area contributed by atoms with E-state index in [4.69, 9.17) is 22.7 Å². The maximum absolute atomic E-state index is 12.2. The molecule has 17 heavy (non-hydrogen) atoms. The van der Waals surface area contributed by atoms with Crippen molar-refractivity contribution in [2.45, 2.75) is 39.5 Å². The fourth-order valence-electron chi connectivity index (χ4n) is 2.00. The lowest BCUT2D eigenvalue weighted by molar-refractivity contribution is -0.128. The van der Waals surface area contributed by atoms with Crippen LogP contribution in [0, 0.1) is 5.41 Å². The molecule has 0 fully saturated rings. The van der Waals surface area contributed by atoms with Crippen LogP contribution < -0.4 is 11.1 Å². The predicted octanol–water partition coefficient (Wildman–Crippen LogP) is 1.62. The number of rotatable bonds is 9. The number of thiocarbonyl (C=S) groups is 1. The van der Waals surface area contributed by atoms with Crippen molar-refractivity contribution in [3.8, 4) is 0 Å². The molecule has 0 heterocycles. The lowest BCUT2D eigenvalue weighted by atomic mass is 9.78. The number of carbonyl (C=O) groups excluding carboxylic acids is 1. The highest BCUT2D eigenvalue weighted by Gasteiger charge is 2.39. The Morgan fingerprint density at radius 2 is 1.88 bits per heavy atom. The molecule has 0 spiro atoms. The number of hydrogen-bond acceptors (Lipinski definition) is 3. The van der Waals surface area contributed by atoms with Gasteiger partial charge in [-0.25, -0.2) is 0 Å². The molecule has 1 amide bonds. The van der Waals surface area contributed by atoms with Crippen molar-refractivity contribution < 1.29 is 9.53 Å². The van der Waals surface area contributed by atoms with E-state index in [9.17, 15) is 4.79 Å². The summed E-state index contributed by atoms with van der Waals surface area (Å²) >= 11 is 5.10. The van der Waals surface area contributed by atoms with Gasteiger partial charge in [0.15, 0.2) is 0 Å². The molecule has 0 aromatic heterocycles. The topological polar surface area (TPSA) is 64.3 Å². The molecule has 0 unspecified atom stereocenters. The van der Waals surface area contributed by atoms with E-state index < -0.39 is 5.41 Å². The fourth-order valence-corrected chi connectivity index (χ4v) is 2.30. The molecular weight excluding hydrogens is 236 g/mol. The predicted molar refractivity (Wildman–Crippen MR) is 73.9 cm³/mol. The standard InChI is InChI=1S/C12H24N2O2S/c1-4-6-12(7-5-2,10(13)17)11(15)14-8-9-16-3/h4-9H2,1-3H3,(H2,13,17)(H,14,15). The van der Waals surface area contributed by atoms with Gasteiger partial charge >= 0.3 is 0 Å². The first-order chi connectivity index (χ1) is 8.05. The maximum Gasteiger partial charge on any atom is 0.233 e. The van der Waals surface area contributed by atoms with E-state index in [1.54, 1.807) is 7.11 Å². The molecule has 0 aliphatic carbocycles. The van der Waals surface area contributed by atoms with Crippen LogP contribution in [0.3, 0.4) is 0 Å². The van der Waals surface area contributed by atoms with Gasteiger partial charge in [0.05, 0.1) is 17.0 Å². The molecule has 4 nitrogen and oxygen atoms in total. The number of nitrogens with one attached hydrogen (secondary N) is 1. The summed E-state index contributed by atoms with van der Waals surface area (Å²) in [4.78, 5) is 12.5. The van der Waals surface area contributed by atoms with Crippen molar-refractivity contribution in [1.82, 2.24) is 5.32 Å². The van der Waals surface area contributed by atoms with E-state index in [1.165, 1.54) is 0 Å². The zero-order chi connectivity index (χ0) is 13.3. The molecule has 0 aromatic carbocycles. The monoisotopic (exact) mass is 260 g/mol. The van der Waals surface area contributed by atoms with Gasteiger partial charge in [-0.1, -0.05) is 38.9 Å². The molecule has 0 bridgehead atoms. The van der Waals surface area contributed by atoms with E-state index >= 15 is 0 Å². The van der Waals surface area contributed by atoms with Crippen molar-refractivity contribution in [2.75, 3.05) is 20.3 Å². The highest BCUT2D eigenvalue weighted by atomic mass is 32.1. The van der Waals surface area contributed by atoms with Gasteiger partial charge in [-0.3, -0.25) is 4.79 Å². The summed E-state index contributed by atoms with van der Waals surface area (Å²) in [5.74, 6) is -0.0641. The van der Waals surface area contributed by atoms with Gasteiger partial charge in [0, 0.05) is 13.7 Å². The van der Waals surface area contributed by atoms with Crippen LogP contribution in [0.25, 0.3) is 0 Å². The first-order valence-corrected chi connectivity index (χ1v) is 6.53. The first-order valence-electron chi connectivity index (χ1n) is 6.12. The van der Waals surface area contributed by atoms with Gasteiger partial charge < -0.3 is 15.8 Å². The van der Waals surface area contributed by atoms with Crippen molar-refractivity contribution in [3.05, 3.63) is 0 Å². The molecule has 5 heteroatoms. The summed E-state index contributed by atoms with van der Waals surface area (Å²) in [7, 11) is 1.60. The third-order valence-corrected chi connectivity index (χ3v) is 3.24. The third kappa shape index (κ3) is 4.60. The van der Waals surface area contributed by atoms with E-state index in [2.05, 4.69) is 5.32 Å². The van der Waals surface area contributed by atoms with Crippen LogP contribution in [0.1, 0.15) is 39.5 Å². The SMILES string of the molecule is CCCC(CCC)(C(=O)NCCOC)C(N)=S. The van der Waals surface area contributed by atoms with E-state index in [1.807, 2.05) is 13.8 Å². The maximum atomic E-state index is 12.2. The van der Waals surface area contributed by atoms with Gasteiger partial charge in [-0.2, -0.15) is 0 Å². The molecule has 0 aliphatic rings. The average Bonchev–Trinajstić information content (AvgIpc) is 2.28. The summed E-state index contributed by atoms with van der Waals surface area (Å²) in [5, 5.41) is 2.84. The van der Waals surface area contributed by atoms with Crippen molar-refractivity contribution in [1.29, 1.82) is 0 Å². The highest BCUT2D eigenvalue weighted by molar-refractivity contribution is 7.80. The number of methoxy groups -OCH3 is 1. The van der Waals surface area contributed by atoms with Gasteiger partial charge in [-0.15, -0.1) is 0 Å². The molecule has 0 saturated carbocycles. The third-order valence-electron chi connectivity index (χ3n) is 2.85. The van der Waals surface area contributed by atoms with Crippen LogP contribution in [0.15, 0.2) is 0 Å². The van der Waals surface area contributed by atoms with Crippen LogP contribution in [0.4, 0.5) is 0 Å². The Morgan fingerprint density at radius 1 is 1.35 bits per heavy atom. The van der Waals surface area contributed by atoms with Crippen LogP contribution in [0.2, 0.25) is 0 Å². The number of hydrogen-bond donors (Lipinski definition) is 2. The van der Waals surface area contributed by atoms with Gasteiger partial charge in [0.25, 0.3) is 0 Å². The van der Waals surface area contributed by atoms with E-state index in [-0.39, 0.29) is 5.91 Å². The Bertz CT molecular complexity index is 251. The number of carbonyl (C=O) groups is 1. The molecule has 0 rings (SSSR count). The summed E-state index contributed by atoms with van der Waals surface area (Å²) in [6, 6.07) is 0. The number of nitrogens with two attached hydrogens (primary N) is 1. The largest absolute Gasteiger partial charge is 0.392 e. The highest BCUT2D eigenvalue weighted by Crippen LogP contribution is 2.30. The molecule has 0 radical (unpaired) electrons. The molecule has 100 valence electrons. The smallest absolute Gasteiger partial charge is 0.233 e. The fraction of sp³-hybridized carbons (Fsp3) is 0.833. The zero-order valence-corrected chi connectivity index (χ0v) is 11.9. The first kappa shape index (κ1) is 16.3. The second-order valence-electron chi connectivity index (χ2n) is 4.20. The number of ether oxygens (including phenoxy) is 1. The van der Waals surface area contributed by atoms with Crippen molar-refractivity contribution >= 4 is 23.1 Å². The molecule has 3 N–H and O–H groups in total. The zero-order valence-electron chi connectivity index (χ0n) is 11.0.